The number of para-hydroxylation sites is 2. The summed E-state index contributed by atoms with van der Waals surface area (Å²) in [6, 6.07) is 11.6. The Kier molecular flexibility index (Phi) is 2.55. The molecular weight excluding hydrogens is 204 g/mol. The third kappa shape index (κ3) is 2.17. The van der Waals surface area contributed by atoms with Crippen LogP contribution in [0.4, 0.5) is 11.4 Å². The molecule has 0 fully saturated rings. The Labute approximate surface area is 93.1 Å². The van der Waals surface area contributed by atoms with Crippen molar-refractivity contribution in [2.24, 2.45) is 0 Å². The SMILES string of the molecule is Nc1cc(N)cc(Oc2ccccc2O)c1. The second-order valence-electron chi connectivity index (χ2n) is 3.41. The van der Waals surface area contributed by atoms with Gasteiger partial charge in [0.05, 0.1) is 0 Å². The molecule has 0 radical (unpaired) electrons. The van der Waals surface area contributed by atoms with Crippen molar-refractivity contribution < 1.29 is 9.84 Å². The summed E-state index contributed by atoms with van der Waals surface area (Å²) in [5.41, 5.74) is 12.3. The van der Waals surface area contributed by atoms with E-state index in [2.05, 4.69) is 0 Å². The zero-order valence-corrected chi connectivity index (χ0v) is 8.55. The van der Waals surface area contributed by atoms with E-state index in [1.165, 1.54) is 0 Å². The second-order valence-corrected chi connectivity index (χ2v) is 3.41. The zero-order valence-electron chi connectivity index (χ0n) is 8.55. The van der Waals surface area contributed by atoms with Gasteiger partial charge in [-0.15, -0.1) is 0 Å². The summed E-state index contributed by atoms with van der Waals surface area (Å²) in [5, 5.41) is 9.52. The quantitative estimate of drug-likeness (QED) is 0.673. The number of aromatic hydroxyl groups is 1. The zero-order chi connectivity index (χ0) is 11.5. The number of phenolic OH excluding ortho intramolecular Hbond substituents is 1. The lowest BCUT2D eigenvalue weighted by molar-refractivity contribution is 0.411. The van der Waals surface area contributed by atoms with Crippen LogP contribution < -0.4 is 16.2 Å². The number of phenols is 1. The van der Waals surface area contributed by atoms with Crippen LogP contribution in [0.25, 0.3) is 0 Å². The van der Waals surface area contributed by atoms with Gasteiger partial charge in [0.2, 0.25) is 0 Å². The highest BCUT2D eigenvalue weighted by molar-refractivity contribution is 5.57. The fourth-order valence-corrected chi connectivity index (χ4v) is 1.38. The predicted molar refractivity (Wildman–Crippen MR) is 63.4 cm³/mol. The van der Waals surface area contributed by atoms with E-state index >= 15 is 0 Å². The smallest absolute Gasteiger partial charge is 0.169 e. The van der Waals surface area contributed by atoms with E-state index in [1.54, 1.807) is 42.5 Å². The average molecular weight is 216 g/mol. The molecule has 0 spiro atoms. The van der Waals surface area contributed by atoms with Crippen molar-refractivity contribution >= 4 is 11.4 Å². The molecule has 0 aliphatic heterocycles. The minimum atomic E-state index is 0.0727. The van der Waals surface area contributed by atoms with Crippen molar-refractivity contribution in [2.45, 2.75) is 0 Å². The maximum atomic E-state index is 9.52. The Bertz CT molecular complexity index is 492. The molecule has 0 saturated heterocycles. The van der Waals surface area contributed by atoms with Crippen molar-refractivity contribution in [2.75, 3.05) is 11.5 Å². The molecule has 0 aliphatic carbocycles. The summed E-state index contributed by atoms with van der Waals surface area (Å²) in [6.45, 7) is 0. The number of anilines is 2. The van der Waals surface area contributed by atoms with Crippen LogP contribution in [0.3, 0.4) is 0 Å². The molecule has 0 bridgehead atoms. The van der Waals surface area contributed by atoms with Gasteiger partial charge in [0.1, 0.15) is 5.75 Å². The van der Waals surface area contributed by atoms with E-state index in [0.29, 0.717) is 22.9 Å². The van der Waals surface area contributed by atoms with Crippen LogP contribution in [-0.4, -0.2) is 5.11 Å². The summed E-state index contributed by atoms with van der Waals surface area (Å²) >= 11 is 0. The van der Waals surface area contributed by atoms with Crippen LogP contribution >= 0.6 is 0 Å². The van der Waals surface area contributed by atoms with E-state index < -0.39 is 0 Å². The fourth-order valence-electron chi connectivity index (χ4n) is 1.38. The normalized spacial score (nSPS) is 10.0. The van der Waals surface area contributed by atoms with Gasteiger partial charge in [-0.3, -0.25) is 0 Å². The summed E-state index contributed by atoms with van der Waals surface area (Å²) in [4.78, 5) is 0. The van der Waals surface area contributed by atoms with Crippen molar-refractivity contribution in [3.8, 4) is 17.2 Å². The van der Waals surface area contributed by atoms with E-state index in [9.17, 15) is 5.11 Å². The van der Waals surface area contributed by atoms with Crippen molar-refractivity contribution in [3.05, 3.63) is 42.5 Å². The van der Waals surface area contributed by atoms with Gasteiger partial charge in [-0.2, -0.15) is 0 Å². The van der Waals surface area contributed by atoms with Gasteiger partial charge in [0.15, 0.2) is 11.5 Å². The summed E-state index contributed by atoms with van der Waals surface area (Å²) in [6.07, 6.45) is 0. The highest BCUT2D eigenvalue weighted by Gasteiger charge is 2.03. The lowest BCUT2D eigenvalue weighted by Gasteiger charge is -2.08. The molecule has 4 nitrogen and oxygen atoms in total. The number of ether oxygens (including phenoxy) is 1. The highest BCUT2D eigenvalue weighted by Crippen LogP contribution is 2.31. The lowest BCUT2D eigenvalue weighted by Crippen LogP contribution is -1.92. The summed E-state index contributed by atoms with van der Waals surface area (Å²) in [7, 11) is 0. The van der Waals surface area contributed by atoms with E-state index in [4.69, 9.17) is 16.2 Å². The number of hydrogen-bond donors (Lipinski definition) is 3. The molecule has 5 N–H and O–H groups in total. The molecule has 0 heterocycles. The van der Waals surface area contributed by atoms with E-state index in [1.807, 2.05) is 0 Å². The minimum absolute atomic E-state index is 0.0727. The monoisotopic (exact) mass is 216 g/mol. The third-order valence-corrected chi connectivity index (χ3v) is 2.04. The van der Waals surface area contributed by atoms with Crippen LogP contribution in [0, 0.1) is 0 Å². The minimum Gasteiger partial charge on any atom is -0.504 e. The van der Waals surface area contributed by atoms with E-state index in [0.717, 1.165) is 0 Å². The maximum Gasteiger partial charge on any atom is 0.169 e. The van der Waals surface area contributed by atoms with Crippen molar-refractivity contribution in [3.63, 3.8) is 0 Å². The van der Waals surface area contributed by atoms with Gasteiger partial charge in [-0.1, -0.05) is 12.1 Å². The van der Waals surface area contributed by atoms with E-state index in [-0.39, 0.29) is 5.75 Å². The highest BCUT2D eigenvalue weighted by atomic mass is 16.5. The standard InChI is InChI=1S/C12H12N2O2/c13-8-5-9(14)7-10(6-8)16-12-4-2-1-3-11(12)15/h1-7,15H,13-14H2. The molecular formula is C12H12N2O2. The predicted octanol–water partition coefficient (Wildman–Crippen LogP) is 2.35. The largest absolute Gasteiger partial charge is 0.504 e. The molecule has 0 unspecified atom stereocenters. The Morgan fingerprint density at radius 3 is 2.19 bits per heavy atom. The fraction of sp³-hybridized carbons (Fsp3) is 0. The number of nitrogen functional groups attached to an aromatic ring is 2. The van der Waals surface area contributed by atoms with Crippen LogP contribution in [0.15, 0.2) is 42.5 Å². The van der Waals surface area contributed by atoms with Gasteiger partial charge in [0.25, 0.3) is 0 Å². The number of nitrogens with two attached hydrogens (primary N) is 2. The lowest BCUT2D eigenvalue weighted by atomic mass is 10.2. The number of benzene rings is 2. The van der Waals surface area contributed by atoms with Crippen LogP contribution in [0.5, 0.6) is 17.2 Å². The molecule has 0 aliphatic rings. The first-order valence-electron chi connectivity index (χ1n) is 4.77. The topological polar surface area (TPSA) is 81.5 Å². The second kappa shape index (κ2) is 4.02. The third-order valence-electron chi connectivity index (χ3n) is 2.04. The number of rotatable bonds is 2. The van der Waals surface area contributed by atoms with Gasteiger partial charge in [-0.05, 0) is 18.2 Å². The molecule has 0 amide bonds. The Balaban J connectivity index is 2.30. The summed E-state index contributed by atoms with van der Waals surface area (Å²) < 4.78 is 5.46. The molecule has 2 aromatic rings. The van der Waals surface area contributed by atoms with Gasteiger partial charge in [0, 0.05) is 23.5 Å². The Hall–Kier alpha value is -2.36. The van der Waals surface area contributed by atoms with Gasteiger partial charge < -0.3 is 21.3 Å². The number of hydrogen-bond acceptors (Lipinski definition) is 4. The molecule has 2 rings (SSSR count). The Morgan fingerprint density at radius 1 is 0.938 bits per heavy atom. The maximum absolute atomic E-state index is 9.52. The first-order chi connectivity index (χ1) is 7.65. The molecule has 0 aromatic heterocycles. The molecule has 0 saturated carbocycles. The Morgan fingerprint density at radius 2 is 1.56 bits per heavy atom. The molecule has 0 atom stereocenters. The van der Waals surface area contributed by atoms with Crippen LogP contribution in [-0.2, 0) is 0 Å². The van der Waals surface area contributed by atoms with Crippen molar-refractivity contribution in [1.29, 1.82) is 0 Å². The van der Waals surface area contributed by atoms with Gasteiger partial charge >= 0.3 is 0 Å². The van der Waals surface area contributed by atoms with Crippen molar-refractivity contribution in [1.82, 2.24) is 0 Å². The first-order valence-corrected chi connectivity index (χ1v) is 4.77. The molecule has 16 heavy (non-hydrogen) atoms. The van der Waals surface area contributed by atoms with Crippen LogP contribution in [0.1, 0.15) is 0 Å². The molecule has 4 heteroatoms. The average Bonchev–Trinajstić information content (AvgIpc) is 2.20. The summed E-state index contributed by atoms with van der Waals surface area (Å²) in [5.74, 6) is 0.940. The molecule has 82 valence electrons. The van der Waals surface area contributed by atoms with Gasteiger partial charge in [-0.25, -0.2) is 0 Å². The first kappa shape index (κ1) is 10.2. The van der Waals surface area contributed by atoms with Crippen LogP contribution in [0.2, 0.25) is 0 Å². The molecule has 2 aromatic carbocycles.